The quantitative estimate of drug-likeness (QED) is 0.102. The van der Waals surface area contributed by atoms with Crippen LogP contribution in [0, 0.1) is 17.1 Å². The predicted octanol–water partition coefficient (Wildman–Crippen LogP) is 6.53. The molecule has 0 bridgehead atoms. The number of thiocarbonyl (C=S) groups is 1. The highest BCUT2D eigenvalue weighted by Gasteiger charge is 2.51. The summed E-state index contributed by atoms with van der Waals surface area (Å²) in [5.74, 6) is -2.19. The van der Waals surface area contributed by atoms with Crippen molar-refractivity contribution in [2.45, 2.75) is 57.2 Å². The fraction of sp³-hybridized carbons (Fsp3) is 0.390. The smallest absolute Gasteiger partial charge is 0.417 e. The third-order valence-corrected chi connectivity index (χ3v) is 11.2. The number of anilines is 2. The van der Waals surface area contributed by atoms with Crippen LogP contribution in [-0.4, -0.2) is 84.0 Å². The summed E-state index contributed by atoms with van der Waals surface area (Å²) in [6.07, 6.45) is -0.580. The lowest BCUT2D eigenvalue weighted by Crippen LogP contribution is -2.47. The lowest BCUT2D eigenvalue weighted by atomic mass is 9.90. The van der Waals surface area contributed by atoms with Crippen molar-refractivity contribution in [2.75, 3.05) is 55.7 Å². The second-order valence-electron chi connectivity index (χ2n) is 14.9. The highest BCUT2D eigenvalue weighted by molar-refractivity contribution is 7.81. The maximum Gasteiger partial charge on any atom is 0.417 e. The fourth-order valence-electron chi connectivity index (χ4n) is 7.74. The molecule has 3 aromatic carbocycles. The second-order valence-corrected chi connectivity index (χ2v) is 15.3. The summed E-state index contributed by atoms with van der Waals surface area (Å²) in [6.45, 7) is 8.30. The minimum atomic E-state index is -4.83. The minimum Gasteiger partial charge on any atom is -0.489 e. The lowest BCUT2D eigenvalue weighted by Gasteiger charge is -2.34. The number of piperazine rings is 1. The number of hydrogen-bond acceptors (Lipinski definition) is 9. The molecule has 4 aromatic rings. The number of carbonyl (C=O) groups excluding carboxylic acids is 3. The number of nitrogens with one attached hydrogen (secondary N) is 1. The summed E-state index contributed by atoms with van der Waals surface area (Å²) >= 11 is 5.56. The van der Waals surface area contributed by atoms with Crippen LogP contribution < -0.4 is 19.9 Å². The van der Waals surface area contributed by atoms with Crippen molar-refractivity contribution in [3.8, 4) is 11.8 Å². The SMILES string of the molecule is CC1(C)C(=O)N(c2ccc(C#N)c(C(F)(F)F)c2)C(=S)N1c1ccc(OCCN2CCN(CCCc3ccc4c([C@H]5CCC(=O)NC5=O)coc4c3)CC2)c(F)c1. The lowest BCUT2D eigenvalue weighted by molar-refractivity contribution is -0.138. The maximum atomic E-state index is 15.4. The number of rotatable bonds is 11. The van der Waals surface area contributed by atoms with Crippen molar-refractivity contribution in [3.63, 3.8) is 0 Å². The Hall–Kier alpha value is -5.37. The van der Waals surface area contributed by atoms with E-state index in [2.05, 4.69) is 21.2 Å². The van der Waals surface area contributed by atoms with Crippen LogP contribution in [-0.2, 0) is 27.0 Å². The molecule has 57 heavy (non-hydrogen) atoms. The highest BCUT2D eigenvalue weighted by Crippen LogP contribution is 2.40. The Morgan fingerprint density at radius 1 is 0.982 bits per heavy atom. The summed E-state index contributed by atoms with van der Waals surface area (Å²) in [5.41, 5.74) is -0.365. The first-order valence-corrected chi connectivity index (χ1v) is 19.1. The average molecular weight is 805 g/mol. The molecule has 7 rings (SSSR count). The van der Waals surface area contributed by atoms with Crippen LogP contribution in [0.25, 0.3) is 11.0 Å². The molecule has 0 unspecified atom stereocenters. The van der Waals surface area contributed by atoms with Gasteiger partial charge in [-0.25, -0.2) is 4.39 Å². The van der Waals surface area contributed by atoms with E-state index in [0.717, 1.165) is 78.6 Å². The largest absolute Gasteiger partial charge is 0.489 e. The normalized spacial score (nSPS) is 19.4. The first kappa shape index (κ1) is 39.8. The fourth-order valence-corrected chi connectivity index (χ4v) is 8.26. The first-order chi connectivity index (χ1) is 27.1. The van der Waals surface area contributed by atoms with Gasteiger partial charge in [0.1, 0.15) is 17.7 Å². The molecular weight excluding hydrogens is 765 g/mol. The van der Waals surface area contributed by atoms with Crippen LogP contribution in [0.1, 0.15) is 61.3 Å². The number of amides is 3. The van der Waals surface area contributed by atoms with Crippen molar-refractivity contribution in [1.82, 2.24) is 15.1 Å². The van der Waals surface area contributed by atoms with Crippen molar-refractivity contribution >= 4 is 57.4 Å². The van der Waals surface area contributed by atoms with Crippen molar-refractivity contribution in [1.29, 1.82) is 5.26 Å². The summed E-state index contributed by atoms with van der Waals surface area (Å²) < 4.78 is 68.1. The van der Waals surface area contributed by atoms with E-state index in [1.54, 1.807) is 26.2 Å². The zero-order valence-electron chi connectivity index (χ0n) is 31.3. The summed E-state index contributed by atoms with van der Waals surface area (Å²) in [7, 11) is 0. The number of piperidine rings is 1. The van der Waals surface area contributed by atoms with Gasteiger partial charge in [0.25, 0.3) is 5.91 Å². The molecule has 3 fully saturated rings. The van der Waals surface area contributed by atoms with Gasteiger partial charge in [-0.05, 0) is 93.8 Å². The third-order valence-electron chi connectivity index (χ3n) is 10.9. The molecule has 1 aromatic heterocycles. The van der Waals surface area contributed by atoms with Gasteiger partial charge < -0.3 is 19.0 Å². The van der Waals surface area contributed by atoms with Crippen LogP contribution in [0.3, 0.4) is 0 Å². The summed E-state index contributed by atoms with van der Waals surface area (Å²) in [5, 5.41) is 12.4. The predicted molar refractivity (Wildman–Crippen MR) is 207 cm³/mol. The number of ether oxygens (including phenoxy) is 1. The molecule has 4 heterocycles. The Morgan fingerprint density at radius 2 is 1.70 bits per heavy atom. The molecule has 3 aliphatic rings. The van der Waals surface area contributed by atoms with Gasteiger partial charge in [-0.3, -0.25) is 29.5 Å². The monoisotopic (exact) mass is 804 g/mol. The Morgan fingerprint density at radius 3 is 2.39 bits per heavy atom. The van der Waals surface area contributed by atoms with Gasteiger partial charge in [0.05, 0.1) is 35.1 Å². The first-order valence-electron chi connectivity index (χ1n) is 18.7. The molecule has 0 radical (unpaired) electrons. The zero-order valence-corrected chi connectivity index (χ0v) is 32.1. The van der Waals surface area contributed by atoms with Gasteiger partial charge in [-0.1, -0.05) is 12.1 Å². The number of fused-ring (bicyclic) bond motifs is 1. The number of furan rings is 1. The minimum absolute atomic E-state index is 0.0188. The third kappa shape index (κ3) is 8.09. The van der Waals surface area contributed by atoms with Gasteiger partial charge in [0.2, 0.25) is 11.8 Å². The van der Waals surface area contributed by atoms with E-state index in [0.29, 0.717) is 25.5 Å². The van der Waals surface area contributed by atoms with Crippen molar-refractivity contribution in [2.24, 2.45) is 0 Å². The number of carbonyl (C=O) groups is 3. The van der Waals surface area contributed by atoms with Crippen LogP contribution in [0.4, 0.5) is 28.9 Å². The van der Waals surface area contributed by atoms with E-state index in [1.165, 1.54) is 29.2 Å². The Labute approximate surface area is 331 Å². The van der Waals surface area contributed by atoms with Crippen LogP contribution in [0.5, 0.6) is 5.75 Å². The highest BCUT2D eigenvalue weighted by atomic mass is 32.1. The van der Waals surface area contributed by atoms with Crippen molar-refractivity contribution < 1.29 is 41.1 Å². The number of nitriles is 1. The van der Waals surface area contributed by atoms with E-state index in [9.17, 15) is 32.8 Å². The van der Waals surface area contributed by atoms with Crippen LogP contribution in [0.15, 0.2) is 65.3 Å². The molecule has 0 aliphatic carbocycles. The number of aryl methyl sites for hydroxylation is 1. The molecule has 3 amide bonds. The second kappa shape index (κ2) is 15.9. The van der Waals surface area contributed by atoms with Gasteiger partial charge in [0, 0.05) is 61.8 Å². The Balaban J connectivity index is 0.875. The number of imide groups is 1. The van der Waals surface area contributed by atoms with E-state index in [1.807, 2.05) is 12.1 Å². The maximum absolute atomic E-state index is 15.4. The van der Waals surface area contributed by atoms with E-state index < -0.39 is 40.5 Å². The van der Waals surface area contributed by atoms with Gasteiger partial charge >= 0.3 is 6.18 Å². The van der Waals surface area contributed by atoms with E-state index in [4.69, 9.17) is 21.4 Å². The summed E-state index contributed by atoms with van der Waals surface area (Å²) in [6, 6.07) is 14.7. The Kier molecular flexibility index (Phi) is 11.1. The molecule has 1 N–H and O–H groups in total. The topological polar surface area (TPSA) is 122 Å². The average Bonchev–Trinajstić information content (AvgIpc) is 3.66. The molecule has 16 heteroatoms. The van der Waals surface area contributed by atoms with Gasteiger partial charge in [0.15, 0.2) is 16.7 Å². The number of nitrogens with zero attached hydrogens (tertiary/aromatic N) is 5. The van der Waals surface area contributed by atoms with Gasteiger partial charge in [-0.2, -0.15) is 18.4 Å². The molecule has 3 aliphatic heterocycles. The van der Waals surface area contributed by atoms with E-state index in [-0.39, 0.29) is 40.7 Å². The molecule has 0 saturated carbocycles. The molecule has 1 atom stereocenters. The Bertz CT molecular complexity index is 2280. The summed E-state index contributed by atoms with van der Waals surface area (Å²) in [4.78, 5) is 44.5. The number of alkyl halides is 3. The molecule has 3 saturated heterocycles. The number of benzene rings is 3. The van der Waals surface area contributed by atoms with Crippen LogP contribution in [0.2, 0.25) is 0 Å². The molecule has 11 nitrogen and oxygen atoms in total. The van der Waals surface area contributed by atoms with Crippen LogP contribution >= 0.6 is 12.2 Å². The number of hydrogen-bond donors (Lipinski definition) is 1. The van der Waals surface area contributed by atoms with E-state index >= 15 is 4.39 Å². The van der Waals surface area contributed by atoms with Gasteiger partial charge in [-0.15, -0.1) is 0 Å². The zero-order chi connectivity index (χ0) is 40.6. The number of halogens is 4. The molecule has 0 spiro atoms. The van der Waals surface area contributed by atoms with Crippen molar-refractivity contribution in [3.05, 3.63) is 88.9 Å². The molecule has 298 valence electrons. The standard InChI is InChI=1S/C41H40F4N6O5S/c1-40(2)38(54)50(27-7-6-26(23-46)32(21-27)41(43,44)45)39(57)51(40)28-8-11-34(33(42)22-28)55-19-18-49-16-14-48(15-17-49)13-3-4-25-5-9-29-31(24-56-35(29)20-25)30-10-12-36(52)47-37(30)53/h5-9,11,20-22,24,30H,3-4,10,12-19H2,1-2H3,(H,47,52,53)/t30-/m1/s1. The molecular formula is C41H40F4N6O5S.